The predicted molar refractivity (Wildman–Crippen MR) is 194 cm³/mol. The van der Waals surface area contributed by atoms with E-state index in [2.05, 4.69) is 11.1 Å². The van der Waals surface area contributed by atoms with E-state index >= 15 is 0 Å². The summed E-state index contributed by atoms with van der Waals surface area (Å²) in [4.78, 5) is 49.8. The largest absolute Gasteiger partial charge is 0.493 e. The summed E-state index contributed by atoms with van der Waals surface area (Å²) in [7, 11) is 1.56. The minimum atomic E-state index is -1.28. The molecule has 1 unspecified atom stereocenters. The number of amides is 3. The molecule has 51 heavy (non-hydrogen) atoms. The number of rotatable bonds is 11. The van der Waals surface area contributed by atoms with Gasteiger partial charge in [0.15, 0.2) is 17.7 Å². The van der Waals surface area contributed by atoms with E-state index in [9.17, 15) is 19.5 Å². The molecule has 272 valence electrons. The molecule has 4 aliphatic rings. The minimum Gasteiger partial charge on any atom is -0.493 e. The average Bonchev–Trinajstić information content (AvgIpc) is 3.73. The SMILES string of the molecule is C/C=C1\C[C@H]2C=Nc3cc(OCCCCCOc4cc5c(cc4C)C(=O)N4C/C(=C/C)C[C@H]4C(O)N5C(=O)OCCC)c(OC)cc3C(=O)N2C1. The van der Waals surface area contributed by atoms with Gasteiger partial charge in [0, 0.05) is 31.4 Å². The van der Waals surface area contributed by atoms with Crippen molar-refractivity contribution < 1.29 is 38.4 Å². The molecular weight excluding hydrogens is 652 g/mol. The van der Waals surface area contributed by atoms with Gasteiger partial charge in [-0.25, -0.2) is 9.69 Å². The second kappa shape index (κ2) is 15.6. The van der Waals surface area contributed by atoms with Crippen molar-refractivity contribution in [1.82, 2.24) is 9.80 Å². The van der Waals surface area contributed by atoms with Crippen LogP contribution in [0, 0.1) is 6.92 Å². The van der Waals surface area contributed by atoms with Crippen molar-refractivity contribution in [3.63, 3.8) is 0 Å². The van der Waals surface area contributed by atoms with Crippen molar-refractivity contribution in [3.05, 3.63) is 64.3 Å². The summed E-state index contributed by atoms with van der Waals surface area (Å²) in [6.07, 6.45) is 8.09. The van der Waals surface area contributed by atoms with E-state index in [0.717, 1.165) is 36.8 Å². The Morgan fingerprint density at radius 2 is 1.57 bits per heavy atom. The number of ether oxygens (including phenoxy) is 4. The van der Waals surface area contributed by atoms with Crippen LogP contribution in [0.1, 0.15) is 85.6 Å². The Kier molecular flexibility index (Phi) is 11.0. The molecule has 0 saturated carbocycles. The van der Waals surface area contributed by atoms with Crippen LogP contribution in [0.5, 0.6) is 17.2 Å². The van der Waals surface area contributed by atoms with Crippen LogP contribution in [-0.2, 0) is 4.74 Å². The van der Waals surface area contributed by atoms with Crippen LogP contribution in [0.25, 0.3) is 0 Å². The molecule has 4 aliphatic heterocycles. The number of hydrogen-bond acceptors (Lipinski definition) is 9. The number of benzene rings is 2. The molecule has 12 heteroatoms. The molecule has 3 amide bonds. The maximum atomic E-state index is 13.8. The number of aryl methyl sites for hydroxylation is 1. The molecule has 3 atom stereocenters. The Bertz CT molecular complexity index is 1770. The molecule has 0 aliphatic carbocycles. The number of methoxy groups -OCH3 is 1. The van der Waals surface area contributed by atoms with Crippen molar-refractivity contribution >= 4 is 35.5 Å². The first-order valence-electron chi connectivity index (χ1n) is 17.9. The number of carbonyl (C=O) groups excluding carboxylic acids is 3. The molecule has 2 aromatic rings. The fourth-order valence-electron chi connectivity index (χ4n) is 7.13. The van der Waals surface area contributed by atoms with E-state index in [4.69, 9.17) is 18.9 Å². The smallest absolute Gasteiger partial charge is 0.416 e. The topological polar surface area (TPSA) is 130 Å². The fraction of sp³-hybridized carbons (Fsp3) is 0.487. The zero-order chi connectivity index (χ0) is 36.2. The Hall–Kier alpha value is -4.84. The maximum Gasteiger partial charge on any atom is 0.416 e. The number of carbonyl (C=O) groups is 3. The fourth-order valence-corrected chi connectivity index (χ4v) is 7.13. The summed E-state index contributed by atoms with van der Waals surface area (Å²) in [5, 5.41) is 11.5. The summed E-state index contributed by atoms with van der Waals surface area (Å²) in [5.41, 5.74) is 4.70. The van der Waals surface area contributed by atoms with Gasteiger partial charge in [0.2, 0.25) is 0 Å². The van der Waals surface area contributed by atoms with Crippen LogP contribution in [0.4, 0.5) is 16.2 Å². The first-order valence-corrected chi connectivity index (χ1v) is 17.9. The number of allylic oxidation sites excluding steroid dienone is 2. The Labute approximate surface area is 299 Å². The lowest BCUT2D eigenvalue weighted by molar-refractivity contribution is 0.0490. The van der Waals surface area contributed by atoms with Gasteiger partial charge in [-0.1, -0.05) is 30.2 Å². The number of aliphatic imine (C=N–C) groups is 1. The Morgan fingerprint density at radius 1 is 0.882 bits per heavy atom. The van der Waals surface area contributed by atoms with Gasteiger partial charge < -0.3 is 33.9 Å². The lowest BCUT2D eigenvalue weighted by atomic mass is 10.1. The monoisotopic (exact) mass is 700 g/mol. The Morgan fingerprint density at radius 3 is 2.27 bits per heavy atom. The van der Waals surface area contributed by atoms with Crippen molar-refractivity contribution in [3.8, 4) is 17.2 Å². The summed E-state index contributed by atoms with van der Waals surface area (Å²) < 4.78 is 23.3. The lowest BCUT2D eigenvalue weighted by Gasteiger charge is -2.31. The second-order valence-electron chi connectivity index (χ2n) is 13.4. The Balaban J connectivity index is 1.07. The third-order valence-corrected chi connectivity index (χ3v) is 10.0. The molecule has 0 aromatic heterocycles. The summed E-state index contributed by atoms with van der Waals surface area (Å²) in [6, 6.07) is 6.27. The lowest BCUT2D eigenvalue weighted by Crippen LogP contribution is -2.51. The molecule has 0 spiro atoms. The van der Waals surface area contributed by atoms with Gasteiger partial charge in [0.1, 0.15) is 5.75 Å². The first-order chi connectivity index (χ1) is 24.7. The normalized spacial score (nSPS) is 22.4. The van der Waals surface area contributed by atoms with Crippen LogP contribution in [-0.4, -0.2) is 97.4 Å². The average molecular weight is 701 g/mol. The van der Waals surface area contributed by atoms with Crippen molar-refractivity contribution in [1.29, 1.82) is 0 Å². The number of hydrogen-bond donors (Lipinski definition) is 1. The number of aliphatic hydroxyl groups is 1. The van der Waals surface area contributed by atoms with Gasteiger partial charge in [-0.2, -0.15) is 0 Å². The number of aliphatic hydroxyl groups excluding tert-OH is 1. The molecule has 2 saturated heterocycles. The van der Waals surface area contributed by atoms with Crippen molar-refractivity contribution in [2.75, 3.05) is 44.9 Å². The van der Waals surface area contributed by atoms with E-state index in [1.807, 2.05) is 44.9 Å². The molecule has 0 bridgehead atoms. The van der Waals surface area contributed by atoms with Gasteiger partial charge in [0.05, 0.1) is 61.5 Å². The highest BCUT2D eigenvalue weighted by Crippen LogP contribution is 2.41. The van der Waals surface area contributed by atoms with Crippen LogP contribution >= 0.6 is 0 Å². The molecule has 12 nitrogen and oxygen atoms in total. The quantitative estimate of drug-likeness (QED) is 0.212. The molecular formula is C39H48N4O8. The predicted octanol–water partition coefficient (Wildman–Crippen LogP) is 6.35. The molecule has 6 rings (SSSR count). The molecule has 0 radical (unpaired) electrons. The van der Waals surface area contributed by atoms with E-state index < -0.39 is 18.4 Å². The third-order valence-electron chi connectivity index (χ3n) is 10.0. The summed E-state index contributed by atoms with van der Waals surface area (Å²) >= 11 is 0. The highest BCUT2D eigenvalue weighted by molar-refractivity contribution is 6.06. The van der Waals surface area contributed by atoms with E-state index in [1.54, 1.807) is 36.3 Å². The molecule has 4 heterocycles. The van der Waals surface area contributed by atoms with Crippen LogP contribution < -0.4 is 19.1 Å². The maximum absolute atomic E-state index is 13.8. The van der Waals surface area contributed by atoms with E-state index in [0.29, 0.717) is 73.2 Å². The van der Waals surface area contributed by atoms with Gasteiger partial charge in [-0.15, -0.1) is 0 Å². The van der Waals surface area contributed by atoms with Gasteiger partial charge in [-0.05, 0) is 77.0 Å². The molecule has 2 aromatic carbocycles. The number of nitrogens with zero attached hydrogens (tertiary/aromatic N) is 4. The van der Waals surface area contributed by atoms with Gasteiger partial charge in [-0.3, -0.25) is 14.6 Å². The highest BCUT2D eigenvalue weighted by Gasteiger charge is 2.46. The summed E-state index contributed by atoms with van der Waals surface area (Å²) in [5.74, 6) is 1.26. The zero-order valence-electron chi connectivity index (χ0n) is 30.1. The molecule has 1 N–H and O–H groups in total. The van der Waals surface area contributed by atoms with Crippen LogP contribution in [0.3, 0.4) is 0 Å². The zero-order valence-corrected chi connectivity index (χ0v) is 30.1. The van der Waals surface area contributed by atoms with Gasteiger partial charge >= 0.3 is 6.09 Å². The minimum absolute atomic E-state index is 0.0527. The van der Waals surface area contributed by atoms with Crippen LogP contribution in [0.15, 0.2) is 52.6 Å². The van der Waals surface area contributed by atoms with E-state index in [-0.39, 0.29) is 30.2 Å². The summed E-state index contributed by atoms with van der Waals surface area (Å²) in [6.45, 7) is 9.71. The number of fused-ring (bicyclic) bond motifs is 4. The first kappa shape index (κ1) is 36.0. The van der Waals surface area contributed by atoms with Crippen molar-refractivity contribution in [2.24, 2.45) is 4.99 Å². The van der Waals surface area contributed by atoms with Gasteiger partial charge in [0.25, 0.3) is 11.8 Å². The number of anilines is 1. The van der Waals surface area contributed by atoms with Crippen molar-refractivity contribution in [2.45, 2.75) is 84.5 Å². The number of unbranched alkanes of at least 4 members (excludes halogenated alkanes) is 2. The third kappa shape index (κ3) is 7.19. The van der Waals surface area contributed by atoms with Crippen LogP contribution in [0.2, 0.25) is 0 Å². The second-order valence-corrected chi connectivity index (χ2v) is 13.4. The van der Waals surface area contributed by atoms with E-state index in [1.165, 1.54) is 10.5 Å². The molecule has 2 fully saturated rings. The highest BCUT2D eigenvalue weighted by atomic mass is 16.6. The standard InChI is InChI=1S/C39H48N4O8/c1-6-12-51-39(47)43-31-20-33(24(4)15-29(31)37(45)42-23-26(8-3)17-32(42)38(43)46)49-13-10-9-11-14-50-35-19-30-28(18-34(35)48-5)36(44)41-22-25(7-2)16-27(41)21-40-30/h7-8,15,18-21,27,32,38,46H,6,9-14,16-17,22-23H2,1-5H3/b25-7+,26-8+/t27-,32-,38?/m0/s1.